The average Bonchev–Trinajstić information content (AvgIpc) is 3.27. The molecular formula is C21H23N3O5S. The molecule has 158 valence electrons. The molecule has 1 amide bonds. The molecule has 30 heavy (non-hydrogen) atoms. The Balaban J connectivity index is 1.73. The van der Waals surface area contributed by atoms with Gasteiger partial charge in [0.15, 0.2) is 11.5 Å². The van der Waals surface area contributed by atoms with Gasteiger partial charge in [-0.15, -0.1) is 10.2 Å². The van der Waals surface area contributed by atoms with Gasteiger partial charge in [-0.05, 0) is 31.2 Å². The number of amides is 1. The van der Waals surface area contributed by atoms with Crippen molar-refractivity contribution in [1.82, 2.24) is 10.2 Å². The van der Waals surface area contributed by atoms with Crippen molar-refractivity contribution >= 4 is 23.4 Å². The minimum absolute atomic E-state index is 0.0405. The normalized spacial score (nSPS) is 10.5. The number of benzene rings is 2. The Morgan fingerprint density at radius 3 is 2.27 bits per heavy atom. The van der Waals surface area contributed by atoms with Crippen molar-refractivity contribution in [2.24, 2.45) is 0 Å². The highest BCUT2D eigenvalue weighted by atomic mass is 32.2. The van der Waals surface area contributed by atoms with Gasteiger partial charge in [0.25, 0.3) is 5.22 Å². The van der Waals surface area contributed by atoms with Gasteiger partial charge in [-0.2, -0.15) is 0 Å². The zero-order valence-electron chi connectivity index (χ0n) is 17.2. The van der Waals surface area contributed by atoms with Gasteiger partial charge in [-0.3, -0.25) is 4.79 Å². The van der Waals surface area contributed by atoms with Gasteiger partial charge in [0.1, 0.15) is 0 Å². The van der Waals surface area contributed by atoms with Gasteiger partial charge in [0, 0.05) is 17.8 Å². The molecule has 0 spiro atoms. The van der Waals surface area contributed by atoms with Crippen molar-refractivity contribution in [2.75, 3.05) is 38.5 Å². The van der Waals surface area contributed by atoms with Gasteiger partial charge in [0.05, 0.1) is 27.1 Å². The van der Waals surface area contributed by atoms with Crippen molar-refractivity contribution in [3.05, 3.63) is 42.5 Å². The number of aromatic nitrogens is 2. The number of nitrogens with zero attached hydrogens (tertiary/aromatic N) is 3. The third-order valence-corrected chi connectivity index (χ3v) is 5.13. The summed E-state index contributed by atoms with van der Waals surface area (Å²) in [5.41, 5.74) is 1.48. The zero-order chi connectivity index (χ0) is 21.5. The van der Waals surface area contributed by atoms with E-state index < -0.39 is 0 Å². The number of thioether (sulfide) groups is 1. The first-order valence-electron chi connectivity index (χ1n) is 9.23. The van der Waals surface area contributed by atoms with E-state index in [-0.39, 0.29) is 11.7 Å². The lowest BCUT2D eigenvalue weighted by molar-refractivity contribution is -0.116. The lowest BCUT2D eigenvalue weighted by Gasteiger charge is -2.20. The van der Waals surface area contributed by atoms with Crippen LogP contribution in [0.4, 0.5) is 5.69 Å². The second-order valence-electron chi connectivity index (χ2n) is 6.05. The summed E-state index contributed by atoms with van der Waals surface area (Å²) in [5.74, 6) is 1.87. The molecule has 0 saturated carbocycles. The van der Waals surface area contributed by atoms with Crippen LogP contribution < -0.4 is 19.1 Å². The SMILES string of the molecule is CCN(C(=O)CSc1nnc(-c2cc(OC)c(OC)c(OC)c2)o1)c1ccccc1. The van der Waals surface area contributed by atoms with Crippen LogP contribution in [0.1, 0.15) is 6.92 Å². The Kier molecular flexibility index (Phi) is 7.18. The summed E-state index contributed by atoms with van der Waals surface area (Å²) in [7, 11) is 4.61. The van der Waals surface area contributed by atoms with Crippen molar-refractivity contribution < 1.29 is 23.4 Å². The topological polar surface area (TPSA) is 86.9 Å². The summed E-state index contributed by atoms with van der Waals surface area (Å²) in [6, 6.07) is 13.0. The van der Waals surface area contributed by atoms with Gasteiger partial charge in [-0.1, -0.05) is 30.0 Å². The first-order chi connectivity index (χ1) is 14.6. The second-order valence-corrected chi connectivity index (χ2v) is 6.98. The van der Waals surface area contributed by atoms with E-state index in [0.717, 1.165) is 5.69 Å². The van der Waals surface area contributed by atoms with Crippen LogP contribution in [0.25, 0.3) is 11.5 Å². The molecule has 1 aromatic heterocycles. The fraction of sp³-hybridized carbons (Fsp3) is 0.286. The molecule has 0 fully saturated rings. The molecule has 8 nitrogen and oxygen atoms in total. The van der Waals surface area contributed by atoms with Gasteiger partial charge in [0.2, 0.25) is 17.5 Å². The van der Waals surface area contributed by atoms with E-state index in [2.05, 4.69) is 10.2 Å². The lowest BCUT2D eigenvalue weighted by Crippen LogP contribution is -2.32. The Morgan fingerprint density at radius 2 is 1.70 bits per heavy atom. The first-order valence-corrected chi connectivity index (χ1v) is 10.2. The first kappa shape index (κ1) is 21.5. The molecule has 0 bridgehead atoms. The molecular weight excluding hydrogens is 406 g/mol. The molecule has 0 aliphatic heterocycles. The van der Waals surface area contributed by atoms with Crippen LogP contribution in [0.5, 0.6) is 17.2 Å². The van der Waals surface area contributed by atoms with Gasteiger partial charge < -0.3 is 23.5 Å². The summed E-state index contributed by atoms with van der Waals surface area (Å²) in [5, 5.41) is 8.42. The highest BCUT2D eigenvalue weighted by molar-refractivity contribution is 7.99. The monoisotopic (exact) mass is 429 g/mol. The standard InChI is InChI=1S/C21H23N3O5S/c1-5-24(15-9-7-6-8-10-15)18(25)13-30-21-23-22-20(29-21)14-11-16(26-2)19(28-4)17(12-14)27-3/h6-12H,5,13H2,1-4H3. The Hall–Kier alpha value is -3.20. The number of para-hydroxylation sites is 1. The van der Waals surface area contributed by atoms with E-state index in [1.165, 1.54) is 33.1 Å². The van der Waals surface area contributed by atoms with E-state index in [1.54, 1.807) is 17.0 Å². The molecule has 1 heterocycles. The van der Waals surface area contributed by atoms with Gasteiger partial charge in [-0.25, -0.2) is 0 Å². The summed E-state index contributed by atoms with van der Waals surface area (Å²) >= 11 is 1.19. The predicted molar refractivity (Wildman–Crippen MR) is 115 cm³/mol. The molecule has 0 atom stereocenters. The summed E-state index contributed by atoms with van der Waals surface area (Å²) < 4.78 is 21.8. The molecule has 2 aromatic carbocycles. The minimum Gasteiger partial charge on any atom is -0.493 e. The Bertz CT molecular complexity index is 968. The fourth-order valence-electron chi connectivity index (χ4n) is 2.90. The number of methoxy groups -OCH3 is 3. The molecule has 0 aliphatic carbocycles. The van der Waals surface area contributed by atoms with Crippen LogP contribution in [-0.4, -0.2) is 49.7 Å². The van der Waals surface area contributed by atoms with E-state index in [0.29, 0.717) is 40.5 Å². The van der Waals surface area contributed by atoms with Crippen LogP contribution in [0, 0.1) is 0 Å². The third-order valence-electron chi connectivity index (χ3n) is 4.32. The smallest absolute Gasteiger partial charge is 0.277 e. The zero-order valence-corrected chi connectivity index (χ0v) is 18.1. The van der Waals surface area contributed by atoms with Crippen LogP contribution >= 0.6 is 11.8 Å². The third kappa shape index (κ3) is 4.68. The molecule has 0 saturated heterocycles. The van der Waals surface area contributed by atoms with E-state index in [4.69, 9.17) is 18.6 Å². The molecule has 0 unspecified atom stereocenters. The number of ether oxygens (including phenoxy) is 3. The maximum Gasteiger partial charge on any atom is 0.277 e. The Morgan fingerprint density at radius 1 is 1.03 bits per heavy atom. The molecule has 0 radical (unpaired) electrons. The molecule has 3 aromatic rings. The molecule has 3 rings (SSSR count). The van der Waals surface area contributed by atoms with E-state index in [1.807, 2.05) is 37.3 Å². The van der Waals surface area contributed by atoms with Gasteiger partial charge >= 0.3 is 0 Å². The number of carbonyl (C=O) groups excluding carboxylic acids is 1. The number of rotatable bonds is 9. The predicted octanol–water partition coefficient (Wildman–Crippen LogP) is 3.91. The largest absolute Gasteiger partial charge is 0.493 e. The van der Waals surface area contributed by atoms with E-state index in [9.17, 15) is 4.79 Å². The maximum atomic E-state index is 12.6. The van der Waals surface area contributed by atoms with Crippen LogP contribution in [0.15, 0.2) is 52.1 Å². The molecule has 9 heteroatoms. The fourth-order valence-corrected chi connectivity index (χ4v) is 3.54. The van der Waals surface area contributed by atoms with Crippen molar-refractivity contribution in [2.45, 2.75) is 12.1 Å². The van der Waals surface area contributed by atoms with Crippen molar-refractivity contribution in [1.29, 1.82) is 0 Å². The molecule has 0 N–H and O–H groups in total. The number of hydrogen-bond acceptors (Lipinski definition) is 8. The lowest BCUT2D eigenvalue weighted by atomic mass is 10.2. The van der Waals surface area contributed by atoms with Crippen LogP contribution in [0.3, 0.4) is 0 Å². The van der Waals surface area contributed by atoms with E-state index >= 15 is 0 Å². The summed E-state index contributed by atoms with van der Waals surface area (Å²) in [6.07, 6.45) is 0. The minimum atomic E-state index is -0.0405. The number of anilines is 1. The van der Waals surface area contributed by atoms with Crippen LogP contribution in [0.2, 0.25) is 0 Å². The van der Waals surface area contributed by atoms with Crippen molar-refractivity contribution in [3.63, 3.8) is 0 Å². The highest BCUT2D eigenvalue weighted by Crippen LogP contribution is 2.41. The maximum absolute atomic E-state index is 12.6. The van der Waals surface area contributed by atoms with Crippen molar-refractivity contribution in [3.8, 4) is 28.7 Å². The quantitative estimate of drug-likeness (QED) is 0.473. The average molecular weight is 429 g/mol. The van der Waals surface area contributed by atoms with Crippen LogP contribution in [-0.2, 0) is 4.79 Å². The summed E-state index contributed by atoms with van der Waals surface area (Å²) in [4.78, 5) is 14.3. The number of carbonyl (C=O) groups is 1. The number of hydrogen-bond donors (Lipinski definition) is 0. The Labute approximate surface area is 179 Å². The highest BCUT2D eigenvalue weighted by Gasteiger charge is 2.19. The summed E-state index contributed by atoms with van der Waals surface area (Å²) in [6.45, 7) is 2.51. The second kappa shape index (κ2) is 10.0. The molecule has 0 aliphatic rings.